The van der Waals surface area contributed by atoms with E-state index in [2.05, 4.69) is 89.3 Å². The largest absolute Gasteiger partial charge is 0.378 e. The van der Waals surface area contributed by atoms with Crippen molar-refractivity contribution in [1.29, 1.82) is 0 Å². The number of benzene rings is 2. The lowest BCUT2D eigenvalue weighted by Crippen LogP contribution is -2.16. The van der Waals surface area contributed by atoms with Gasteiger partial charge in [-0.3, -0.25) is 0 Å². The maximum Gasteiger partial charge on any atom is 0.0485 e. The molecule has 0 fully saturated rings. The van der Waals surface area contributed by atoms with Crippen molar-refractivity contribution in [2.75, 3.05) is 5.32 Å². The van der Waals surface area contributed by atoms with Gasteiger partial charge in [-0.15, -0.1) is 0 Å². The second-order valence-corrected chi connectivity index (χ2v) is 7.01. The van der Waals surface area contributed by atoms with Crippen LogP contribution in [0.25, 0.3) is 0 Å². The summed E-state index contributed by atoms with van der Waals surface area (Å²) in [5.74, 6) is 0. The Bertz CT molecular complexity index is 620. The van der Waals surface area contributed by atoms with Gasteiger partial charge in [0.1, 0.15) is 0 Å². The summed E-state index contributed by atoms with van der Waals surface area (Å²) in [5, 5.41) is 3.68. The molecule has 0 saturated carbocycles. The first-order chi connectivity index (χ1) is 9.79. The first-order valence-corrected chi connectivity index (χ1v) is 7.72. The molecule has 21 heavy (non-hydrogen) atoms. The molecule has 2 aromatic carbocycles. The highest BCUT2D eigenvalue weighted by Crippen LogP contribution is 2.31. The predicted molar refractivity (Wildman–Crippen MR) is 93.1 cm³/mol. The van der Waals surface area contributed by atoms with Crippen LogP contribution < -0.4 is 5.32 Å². The van der Waals surface area contributed by atoms with Crippen molar-refractivity contribution in [3.63, 3.8) is 0 Å². The minimum atomic E-state index is 0.145. The van der Waals surface area contributed by atoms with Gasteiger partial charge in [0.15, 0.2) is 0 Å². The van der Waals surface area contributed by atoms with Crippen LogP contribution in [0.2, 0.25) is 0 Å². The maximum absolute atomic E-state index is 3.68. The summed E-state index contributed by atoms with van der Waals surface area (Å²) < 4.78 is 0. The van der Waals surface area contributed by atoms with Crippen LogP contribution in [0, 0.1) is 13.8 Å². The maximum atomic E-state index is 3.68. The van der Waals surface area contributed by atoms with E-state index in [1.165, 1.54) is 27.9 Å². The number of hydrogen-bond acceptors (Lipinski definition) is 1. The highest BCUT2D eigenvalue weighted by atomic mass is 14.9. The third-order valence-electron chi connectivity index (χ3n) is 4.14. The van der Waals surface area contributed by atoms with E-state index in [9.17, 15) is 0 Å². The zero-order valence-electron chi connectivity index (χ0n) is 14.1. The number of hydrogen-bond donors (Lipinski definition) is 1. The van der Waals surface area contributed by atoms with Gasteiger partial charge in [0, 0.05) is 11.7 Å². The predicted octanol–water partition coefficient (Wildman–Crippen LogP) is 5.77. The molecule has 1 nitrogen and oxygen atoms in total. The third-order valence-corrected chi connectivity index (χ3v) is 4.14. The minimum absolute atomic E-state index is 0.145. The number of aryl methyl sites for hydroxylation is 2. The van der Waals surface area contributed by atoms with E-state index in [1.807, 2.05) is 0 Å². The van der Waals surface area contributed by atoms with Crippen LogP contribution in [-0.4, -0.2) is 0 Å². The van der Waals surface area contributed by atoms with Gasteiger partial charge in [-0.05, 0) is 54.5 Å². The second kappa shape index (κ2) is 5.93. The summed E-state index contributed by atoms with van der Waals surface area (Å²) in [6, 6.07) is 15.6. The van der Waals surface area contributed by atoms with E-state index in [4.69, 9.17) is 0 Å². The van der Waals surface area contributed by atoms with Gasteiger partial charge in [0.05, 0.1) is 0 Å². The summed E-state index contributed by atoms with van der Waals surface area (Å²) in [5.41, 5.74) is 6.77. The number of para-hydroxylation sites is 1. The summed E-state index contributed by atoms with van der Waals surface area (Å²) in [4.78, 5) is 0. The molecule has 0 aliphatic heterocycles. The molecule has 0 amide bonds. The summed E-state index contributed by atoms with van der Waals surface area (Å²) in [7, 11) is 0. The molecular weight excluding hydrogens is 254 g/mol. The van der Waals surface area contributed by atoms with Gasteiger partial charge in [-0.1, -0.05) is 57.2 Å². The van der Waals surface area contributed by atoms with Crippen molar-refractivity contribution in [3.05, 3.63) is 64.7 Å². The molecule has 0 bridgehead atoms. The normalized spacial score (nSPS) is 13.0. The minimum Gasteiger partial charge on any atom is -0.378 e. The molecule has 1 atom stereocenters. The van der Waals surface area contributed by atoms with Crippen LogP contribution in [0.4, 0.5) is 5.69 Å². The van der Waals surface area contributed by atoms with Crippen molar-refractivity contribution < 1.29 is 0 Å². The number of rotatable bonds is 3. The lowest BCUT2D eigenvalue weighted by Gasteiger charge is -2.26. The second-order valence-electron chi connectivity index (χ2n) is 7.01. The van der Waals surface area contributed by atoms with Crippen LogP contribution in [0.5, 0.6) is 0 Å². The van der Waals surface area contributed by atoms with Crippen LogP contribution in [0.1, 0.15) is 56.0 Å². The molecule has 1 N–H and O–H groups in total. The van der Waals surface area contributed by atoms with Gasteiger partial charge in [0.2, 0.25) is 0 Å². The Balaban J connectivity index is 2.27. The van der Waals surface area contributed by atoms with Gasteiger partial charge in [0.25, 0.3) is 0 Å². The zero-order valence-corrected chi connectivity index (χ0v) is 14.1. The summed E-state index contributed by atoms with van der Waals surface area (Å²) in [6.45, 7) is 13.3. The van der Waals surface area contributed by atoms with Crippen LogP contribution in [0.3, 0.4) is 0 Å². The molecule has 0 saturated heterocycles. The Morgan fingerprint density at radius 1 is 0.905 bits per heavy atom. The zero-order chi connectivity index (χ0) is 15.6. The van der Waals surface area contributed by atoms with E-state index < -0.39 is 0 Å². The smallest absolute Gasteiger partial charge is 0.0485 e. The van der Waals surface area contributed by atoms with E-state index in [-0.39, 0.29) is 5.41 Å². The standard InChI is InChI=1S/C20H27N/c1-14-11-12-17(13-15(14)2)16(3)21-19-10-8-7-9-18(19)20(4,5)6/h7-13,16,21H,1-6H3. The Morgan fingerprint density at radius 3 is 2.19 bits per heavy atom. The fourth-order valence-corrected chi connectivity index (χ4v) is 2.61. The van der Waals surface area contributed by atoms with Gasteiger partial charge >= 0.3 is 0 Å². The number of nitrogens with one attached hydrogen (secondary N) is 1. The van der Waals surface area contributed by atoms with Crippen molar-refractivity contribution in [2.45, 2.75) is 53.0 Å². The van der Waals surface area contributed by atoms with Crippen molar-refractivity contribution >= 4 is 5.69 Å². The van der Waals surface area contributed by atoms with Gasteiger partial charge in [-0.25, -0.2) is 0 Å². The van der Waals surface area contributed by atoms with E-state index in [0.717, 1.165) is 0 Å². The van der Waals surface area contributed by atoms with Crippen LogP contribution >= 0.6 is 0 Å². The SMILES string of the molecule is Cc1ccc(C(C)Nc2ccccc2C(C)(C)C)cc1C. The van der Waals surface area contributed by atoms with Crippen LogP contribution in [0.15, 0.2) is 42.5 Å². The number of anilines is 1. The molecule has 1 heteroatoms. The molecular formula is C20H27N. The van der Waals surface area contributed by atoms with Gasteiger partial charge in [-0.2, -0.15) is 0 Å². The molecule has 2 rings (SSSR count). The average Bonchev–Trinajstić information content (AvgIpc) is 2.41. The Hall–Kier alpha value is -1.76. The molecule has 112 valence electrons. The quantitative estimate of drug-likeness (QED) is 0.752. The highest BCUT2D eigenvalue weighted by Gasteiger charge is 2.18. The van der Waals surface area contributed by atoms with E-state index in [0.29, 0.717) is 6.04 Å². The summed E-state index contributed by atoms with van der Waals surface area (Å²) in [6.07, 6.45) is 0. The van der Waals surface area contributed by atoms with E-state index >= 15 is 0 Å². The Morgan fingerprint density at radius 2 is 1.57 bits per heavy atom. The Labute approximate surface area is 129 Å². The molecule has 0 heterocycles. The molecule has 2 aromatic rings. The summed E-state index contributed by atoms with van der Waals surface area (Å²) >= 11 is 0. The molecule has 0 spiro atoms. The van der Waals surface area contributed by atoms with Crippen molar-refractivity contribution in [2.24, 2.45) is 0 Å². The average molecular weight is 281 g/mol. The highest BCUT2D eigenvalue weighted by molar-refractivity contribution is 5.55. The lowest BCUT2D eigenvalue weighted by molar-refractivity contribution is 0.590. The monoisotopic (exact) mass is 281 g/mol. The third kappa shape index (κ3) is 3.66. The Kier molecular flexibility index (Phi) is 4.41. The fourth-order valence-electron chi connectivity index (χ4n) is 2.61. The fraction of sp³-hybridized carbons (Fsp3) is 0.400. The first-order valence-electron chi connectivity index (χ1n) is 7.72. The van der Waals surface area contributed by atoms with E-state index in [1.54, 1.807) is 0 Å². The van der Waals surface area contributed by atoms with Crippen LogP contribution in [-0.2, 0) is 5.41 Å². The van der Waals surface area contributed by atoms with Gasteiger partial charge < -0.3 is 5.32 Å². The molecule has 0 aliphatic carbocycles. The van der Waals surface area contributed by atoms with Crippen molar-refractivity contribution in [1.82, 2.24) is 0 Å². The molecule has 1 unspecified atom stereocenters. The molecule has 0 aliphatic rings. The molecule has 0 aromatic heterocycles. The topological polar surface area (TPSA) is 12.0 Å². The van der Waals surface area contributed by atoms with Crippen molar-refractivity contribution in [3.8, 4) is 0 Å². The first kappa shape index (κ1) is 15.6. The lowest BCUT2D eigenvalue weighted by atomic mass is 9.85. The molecule has 0 radical (unpaired) electrons.